The second-order valence-corrected chi connectivity index (χ2v) is 3.58. The van der Waals surface area contributed by atoms with Crippen molar-refractivity contribution in [1.29, 1.82) is 0 Å². The summed E-state index contributed by atoms with van der Waals surface area (Å²) >= 11 is 0. The van der Waals surface area contributed by atoms with Crippen molar-refractivity contribution in [2.24, 2.45) is 0 Å². The van der Waals surface area contributed by atoms with Crippen molar-refractivity contribution < 1.29 is 29.3 Å². The minimum atomic E-state index is -1.13. The molecule has 0 bridgehead atoms. The summed E-state index contributed by atoms with van der Waals surface area (Å²) in [6, 6.07) is 5.02. The summed E-state index contributed by atoms with van der Waals surface area (Å²) in [6.07, 6.45) is 0. The average Bonchev–Trinajstić information content (AvgIpc) is 2.43. The lowest BCUT2D eigenvalue weighted by atomic mass is 10.3. The van der Waals surface area contributed by atoms with Gasteiger partial charge in [-0.1, -0.05) is 12.1 Å². The molecule has 7 nitrogen and oxygen atoms in total. The van der Waals surface area contributed by atoms with Crippen molar-refractivity contribution in [3.8, 4) is 11.5 Å². The van der Waals surface area contributed by atoms with Gasteiger partial charge in [-0.2, -0.15) is 0 Å². The largest absolute Gasteiger partial charge is 0.504 e. The van der Waals surface area contributed by atoms with Crippen LogP contribution < -0.4 is 10.1 Å². The number of methoxy groups -OCH3 is 1. The summed E-state index contributed by atoms with van der Waals surface area (Å²) in [6.45, 7) is -0.972. The number of phenolic OH excluding ortho intramolecular Hbond substituents is 1. The highest BCUT2D eigenvalue weighted by atomic mass is 16.5. The zero-order chi connectivity index (χ0) is 14.3. The van der Waals surface area contributed by atoms with E-state index in [4.69, 9.17) is 9.84 Å². The van der Waals surface area contributed by atoms with E-state index in [1.165, 1.54) is 12.1 Å². The lowest BCUT2D eigenvalue weighted by Gasteiger charge is -2.14. The van der Waals surface area contributed by atoms with Gasteiger partial charge in [0.2, 0.25) is 0 Å². The standard InChI is InChI=1S/C12H15NO6/c1-18-12(17)8(6-14)13-11(16)7-19-10-5-3-2-4-9(10)15/h2-5,8,14-15H,6-7H2,1H3,(H,13,16). The van der Waals surface area contributed by atoms with Crippen LogP contribution in [0.2, 0.25) is 0 Å². The van der Waals surface area contributed by atoms with Crippen molar-refractivity contribution >= 4 is 11.9 Å². The second kappa shape index (κ2) is 7.22. The van der Waals surface area contributed by atoms with Crippen LogP contribution in [0.1, 0.15) is 0 Å². The number of aliphatic hydroxyl groups excluding tert-OH is 1. The Morgan fingerprint density at radius 1 is 1.37 bits per heavy atom. The highest BCUT2D eigenvalue weighted by Crippen LogP contribution is 2.23. The molecule has 104 valence electrons. The normalized spacial score (nSPS) is 11.5. The molecule has 3 N–H and O–H groups in total. The molecule has 0 aliphatic rings. The number of amides is 1. The molecule has 0 heterocycles. The summed E-state index contributed by atoms with van der Waals surface area (Å²) < 4.78 is 9.45. The van der Waals surface area contributed by atoms with E-state index in [-0.39, 0.29) is 11.5 Å². The van der Waals surface area contributed by atoms with Gasteiger partial charge in [0.25, 0.3) is 5.91 Å². The molecule has 1 aromatic rings. The third-order valence-electron chi connectivity index (χ3n) is 2.23. The quantitative estimate of drug-likeness (QED) is 0.597. The predicted octanol–water partition coefficient (Wildman–Crippen LogP) is -0.579. The molecule has 1 atom stereocenters. The molecule has 0 radical (unpaired) electrons. The molecule has 1 unspecified atom stereocenters. The summed E-state index contributed by atoms with van der Waals surface area (Å²) in [5.74, 6) is -1.32. The van der Waals surface area contributed by atoms with E-state index in [2.05, 4.69) is 10.1 Å². The Balaban J connectivity index is 2.48. The van der Waals surface area contributed by atoms with Crippen molar-refractivity contribution in [2.45, 2.75) is 6.04 Å². The number of aromatic hydroxyl groups is 1. The Hall–Kier alpha value is -2.28. The van der Waals surface area contributed by atoms with Gasteiger partial charge in [0.15, 0.2) is 24.1 Å². The number of nitrogens with one attached hydrogen (secondary N) is 1. The second-order valence-electron chi connectivity index (χ2n) is 3.58. The Morgan fingerprint density at radius 3 is 2.63 bits per heavy atom. The van der Waals surface area contributed by atoms with E-state index >= 15 is 0 Å². The van der Waals surface area contributed by atoms with E-state index in [0.717, 1.165) is 7.11 Å². The van der Waals surface area contributed by atoms with E-state index in [0.29, 0.717) is 0 Å². The molecule has 0 fully saturated rings. The van der Waals surface area contributed by atoms with Gasteiger partial charge in [-0.25, -0.2) is 4.79 Å². The van der Waals surface area contributed by atoms with Crippen LogP contribution in [0.25, 0.3) is 0 Å². The lowest BCUT2D eigenvalue weighted by Crippen LogP contribution is -2.45. The zero-order valence-corrected chi connectivity index (χ0v) is 10.3. The number of rotatable bonds is 6. The van der Waals surface area contributed by atoms with E-state index < -0.39 is 31.1 Å². The molecule has 0 aliphatic heterocycles. The van der Waals surface area contributed by atoms with Crippen LogP contribution in [0.4, 0.5) is 0 Å². The zero-order valence-electron chi connectivity index (χ0n) is 10.3. The molecule has 7 heteroatoms. The van der Waals surface area contributed by atoms with Gasteiger partial charge < -0.3 is 25.0 Å². The Labute approximate surface area is 109 Å². The lowest BCUT2D eigenvalue weighted by molar-refractivity contribution is -0.146. The van der Waals surface area contributed by atoms with Crippen LogP contribution in [0.5, 0.6) is 11.5 Å². The molecular formula is C12H15NO6. The Bertz CT molecular complexity index is 448. The van der Waals surface area contributed by atoms with Crippen molar-refractivity contribution in [2.75, 3.05) is 20.3 Å². The highest BCUT2D eigenvalue weighted by Gasteiger charge is 2.20. The van der Waals surface area contributed by atoms with Gasteiger partial charge in [0, 0.05) is 0 Å². The number of ether oxygens (including phenoxy) is 2. The maximum Gasteiger partial charge on any atom is 0.330 e. The molecular weight excluding hydrogens is 254 g/mol. The molecule has 0 saturated carbocycles. The Morgan fingerprint density at radius 2 is 2.05 bits per heavy atom. The Kier molecular flexibility index (Phi) is 5.62. The number of hydrogen-bond acceptors (Lipinski definition) is 6. The van der Waals surface area contributed by atoms with E-state index in [9.17, 15) is 14.7 Å². The number of phenols is 1. The van der Waals surface area contributed by atoms with E-state index in [1.807, 2.05) is 0 Å². The van der Waals surface area contributed by atoms with Crippen LogP contribution in [0, 0.1) is 0 Å². The SMILES string of the molecule is COC(=O)C(CO)NC(=O)COc1ccccc1O. The molecule has 1 amide bonds. The highest BCUT2D eigenvalue weighted by molar-refractivity contribution is 5.85. The molecule has 0 saturated heterocycles. The van der Waals surface area contributed by atoms with Crippen molar-refractivity contribution in [3.05, 3.63) is 24.3 Å². The topological polar surface area (TPSA) is 105 Å². The number of esters is 1. The molecule has 0 aliphatic carbocycles. The van der Waals surface area contributed by atoms with Crippen molar-refractivity contribution in [3.63, 3.8) is 0 Å². The van der Waals surface area contributed by atoms with Gasteiger partial charge in [-0.15, -0.1) is 0 Å². The minimum absolute atomic E-state index is 0.0954. The van der Waals surface area contributed by atoms with E-state index in [1.54, 1.807) is 12.1 Å². The van der Waals surface area contributed by atoms with Gasteiger partial charge in [-0.05, 0) is 12.1 Å². The first-order valence-electron chi connectivity index (χ1n) is 5.47. The molecule has 19 heavy (non-hydrogen) atoms. The van der Waals surface area contributed by atoms with Gasteiger partial charge >= 0.3 is 5.97 Å². The number of benzene rings is 1. The monoisotopic (exact) mass is 269 g/mol. The average molecular weight is 269 g/mol. The first-order chi connectivity index (χ1) is 9.08. The number of carbonyl (C=O) groups is 2. The molecule has 1 rings (SSSR count). The third-order valence-corrected chi connectivity index (χ3v) is 2.23. The predicted molar refractivity (Wildman–Crippen MR) is 64.6 cm³/mol. The van der Waals surface area contributed by atoms with Crippen LogP contribution in [0.3, 0.4) is 0 Å². The molecule has 0 spiro atoms. The summed E-state index contributed by atoms with van der Waals surface area (Å²) in [5, 5.41) is 20.6. The van der Waals surface area contributed by atoms with Gasteiger partial charge in [0.1, 0.15) is 0 Å². The van der Waals surface area contributed by atoms with Gasteiger partial charge in [0.05, 0.1) is 13.7 Å². The summed E-state index contributed by atoms with van der Waals surface area (Å²) in [4.78, 5) is 22.6. The fraction of sp³-hybridized carbons (Fsp3) is 0.333. The van der Waals surface area contributed by atoms with Crippen LogP contribution >= 0.6 is 0 Å². The van der Waals surface area contributed by atoms with Crippen LogP contribution in [0.15, 0.2) is 24.3 Å². The third kappa shape index (κ3) is 4.47. The maximum atomic E-state index is 11.5. The van der Waals surface area contributed by atoms with Crippen LogP contribution in [-0.2, 0) is 14.3 Å². The maximum absolute atomic E-state index is 11.5. The number of hydrogen-bond donors (Lipinski definition) is 3. The number of para-hydroxylation sites is 2. The van der Waals surface area contributed by atoms with Crippen LogP contribution in [-0.4, -0.2) is 48.5 Å². The minimum Gasteiger partial charge on any atom is -0.504 e. The van der Waals surface area contributed by atoms with Crippen molar-refractivity contribution in [1.82, 2.24) is 5.32 Å². The first kappa shape index (κ1) is 14.8. The fourth-order valence-corrected chi connectivity index (χ4v) is 1.28. The summed E-state index contributed by atoms with van der Waals surface area (Å²) in [5.41, 5.74) is 0. The number of aliphatic hydroxyl groups is 1. The van der Waals surface area contributed by atoms with Gasteiger partial charge in [-0.3, -0.25) is 4.79 Å². The first-order valence-corrected chi connectivity index (χ1v) is 5.47. The molecule has 0 aromatic heterocycles. The fourth-order valence-electron chi connectivity index (χ4n) is 1.28. The number of carbonyl (C=O) groups excluding carboxylic acids is 2. The summed E-state index contributed by atoms with van der Waals surface area (Å²) in [7, 11) is 1.15. The molecule has 1 aromatic carbocycles. The smallest absolute Gasteiger partial charge is 0.330 e.